The van der Waals surface area contributed by atoms with Crippen LogP contribution in [-0.2, 0) is 11.3 Å². The minimum Gasteiger partial charge on any atom is -0.494 e. The lowest BCUT2D eigenvalue weighted by Gasteiger charge is -2.29. The van der Waals surface area contributed by atoms with Crippen LogP contribution in [0.25, 0.3) is 0 Å². The Balaban J connectivity index is 1.59. The summed E-state index contributed by atoms with van der Waals surface area (Å²) < 4.78 is 8.09. The van der Waals surface area contributed by atoms with Crippen molar-refractivity contribution in [2.24, 2.45) is 5.41 Å². The van der Waals surface area contributed by atoms with Gasteiger partial charge in [-0.15, -0.1) is 0 Å². The quantitative estimate of drug-likeness (QED) is 0.242. The van der Waals surface area contributed by atoms with E-state index in [0.29, 0.717) is 16.5 Å². The van der Waals surface area contributed by atoms with Crippen LogP contribution >= 0.6 is 12.2 Å². The van der Waals surface area contributed by atoms with E-state index in [1.807, 2.05) is 69.4 Å². The van der Waals surface area contributed by atoms with Gasteiger partial charge in [0.25, 0.3) is 0 Å². The molecule has 2 aromatic heterocycles. The van der Waals surface area contributed by atoms with Crippen LogP contribution in [0.2, 0.25) is 0 Å². The average molecular weight is 568 g/mol. The Kier molecular flexibility index (Phi) is 7.87. The highest BCUT2D eigenvalue weighted by Gasteiger charge is 2.42. The molecule has 1 aliphatic heterocycles. The van der Waals surface area contributed by atoms with Gasteiger partial charge in [0.15, 0.2) is 5.11 Å². The fourth-order valence-corrected chi connectivity index (χ4v) is 5.67. The van der Waals surface area contributed by atoms with E-state index in [-0.39, 0.29) is 18.0 Å². The summed E-state index contributed by atoms with van der Waals surface area (Å²) in [6.07, 6.45) is 1.81. The minimum absolute atomic E-state index is 0.0825. The van der Waals surface area contributed by atoms with E-state index in [1.54, 1.807) is 7.11 Å². The van der Waals surface area contributed by atoms with Crippen LogP contribution in [-0.4, -0.2) is 27.7 Å². The van der Waals surface area contributed by atoms with Crippen molar-refractivity contribution in [2.75, 3.05) is 17.3 Å². The van der Waals surface area contributed by atoms with Gasteiger partial charge in [-0.3, -0.25) is 9.78 Å². The number of hydrogen-bond donors (Lipinski definition) is 2. The number of methoxy groups -OCH3 is 1. The third kappa shape index (κ3) is 5.70. The van der Waals surface area contributed by atoms with Crippen molar-refractivity contribution in [3.05, 3.63) is 107 Å². The first-order chi connectivity index (χ1) is 19.6. The van der Waals surface area contributed by atoms with Crippen LogP contribution in [0.3, 0.4) is 0 Å². The van der Waals surface area contributed by atoms with Gasteiger partial charge in [0, 0.05) is 41.3 Å². The second-order valence-electron chi connectivity index (χ2n) is 11.5. The first-order valence-corrected chi connectivity index (χ1v) is 14.2. The van der Waals surface area contributed by atoms with E-state index in [0.717, 1.165) is 17.9 Å². The minimum atomic E-state index is -0.534. The summed E-state index contributed by atoms with van der Waals surface area (Å²) in [4.78, 5) is 19.6. The van der Waals surface area contributed by atoms with Gasteiger partial charge in [0.1, 0.15) is 5.75 Å². The second-order valence-corrected chi connectivity index (χ2v) is 11.9. The lowest BCUT2D eigenvalue weighted by Crippen LogP contribution is -2.30. The lowest BCUT2D eigenvalue weighted by molar-refractivity contribution is -0.123. The van der Waals surface area contributed by atoms with E-state index >= 15 is 0 Å². The number of benzene rings is 2. The van der Waals surface area contributed by atoms with Gasteiger partial charge in [0.05, 0.1) is 30.6 Å². The van der Waals surface area contributed by atoms with Gasteiger partial charge in [-0.25, -0.2) is 0 Å². The van der Waals surface area contributed by atoms with Crippen molar-refractivity contribution in [3.8, 4) is 5.75 Å². The summed E-state index contributed by atoms with van der Waals surface area (Å²) in [7, 11) is 1.61. The molecule has 5 rings (SSSR count). The zero-order chi connectivity index (χ0) is 29.3. The van der Waals surface area contributed by atoms with Crippen molar-refractivity contribution >= 4 is 34.6 Å². The van der Waals surface area contributed by atoms with Crippen LogP contribution in [0, 0.1) is 19.3 Å². The van der Waals surface area contributed by atoms with Gasteiger partial charge in [-0.2, -0.15) is 0 Å². The fraction of sp³-hybridized carbons (Fsp3) is 0.303. The molecule has 1 saturated heterocycles. The van der Waals surface area contributed by atoms with Gasteiger partial charge in [-0.1, -0.05) is 57.2 Å². The molecular formula is C33H37N5O2S. The zero-order valence-electron chi connectivity index (χ0n) is 24.4. The Morgan fingerprint density at radius 1 is 1.05 bits per heavy atom. The largest absolute Gasteiger partial charge is 0.494 e. The van der Waals surface area contributed by atoms with E-state index in [2.05, 4.69) is 64.3 Å². The van der Waals surface area contributed by atoms with Crippen LogP contribution in [0.15, 0.2) is 79.0 Å². The molecule has 0 spiro atoms. The lowest BCUT2D eigenvalue weighted by atomic mass is 9.95. The summed E-state index contributed by atoms with van der Waals surface area (Å²) >= 11 is 5.97. The molecule has 7 nitrogen and oxygen atoms in total. The average Bonchev–Trinajstić information content (AvgIpc) is 3.44. The predicted molar refractivity (Wildman–Crippen MR) is 168 cm³/mol. The van der Waals surface area contributed by atoms with Crippen LogP contribution in [0.5, 0.6) is 5.75 Å². The number of amides is 1. The number of carbonyl (C=O) groups is 1. The van der Waals surface area contributed by atoms with Crippen LogP contribution in [0.4, 0.5) is 11.4 Å². The van der Waals surface area contributed by atoms with Gasteiger partial charge < -0.3 is 24.8 Å². The molecular weight excluding hydrogens is 530 g/mol. The first-order valence-electron chi connectivity index (χ1n) is 13.8. The molecule has 1 amide bonds. The van der Waals surface area contributed by atoms with Gasteiger partial charge in [0.2, 0.25) is 5.91 Å². The number of nitrogens with zero attached hydrogens (tertiary/aromatic N) is 3. The SMILES string of the molecule is COc1cc(N2C(=S)N[C@@H](c3ccccn3)[C@@H]2c2cc(C)n(Cc3ccccc3)c2C)ccc1NC(=O)C(C)(C)C. The van der Waals surface area contributed by atoms with Crippen molar-refractivity contribution in [1.29, 1.82) is 0 Å². The number of aryl methyl sites for hydroxylation is 1. The number of nitrogens with one attached hydrogen (secondary N) is 2. The number of rotatable bonds is 7. The molecule has 2 N–H and O–H groups in total. The summed E-state index contributed by atoms with van der Waals surface area (Å²) in [5.41, 5.74) is 6.63. The number of carbonyl (C=O) groups excluding carboxylic acids is 1. The molecule has 4 aromatic rings. The molecule has 0 radical (unpaired) electrons. The molecule has 0 saturated carbocycles. The molecule has 2 atom stereocenters. The number of thiocarbonyl (C=S) groups is 1. The normalized spacial score (nSPS) is 16.9. The van der Waals surface area contributed by atoms with Gasteiger partial charge >= 0.3 is 0 Å². The van der Waals surface area contributed by atoms with E-state index < -0.39 is 5.41 Å². The number of ether oxygens (including phenoxy) is 1. The highest BCUT2D eigenvalue weighted by molar-refractivity contribution is 7.80. The molecule has 3 heterocycles. The smallest absolute Gasteiger partial charge is 0.229 e. The van der Waals surface area contributed by atoms with Crippen molar-refractivity contribution in [1.82, 2.24) is 14.9 Å². The Morgan fingerprint density at radius 3 is 2.44 bits per heavy atom. The third-order valence-electron chi connectivity index (χ3n) is 7.61. The maximum Gasteiger partial charge on any atom is 0.229 e. The molecule has 212 valence electrons. The Hall–Kier alpha value is -4.17. The summed E-state index contributed by atoms with van der Waals surface area (Å²) in [5.74, 6) is 0.485. The monoisotopic (exact) mass is 567 g/mol. The number of aromatic nitrogens is 2. The van der Waals surface area contributed by atoms with Crippen molar-refractivity contribution in [2.45, 2.75) is 53.2 Å². The number of anilines is 2. The topological polar surface area (TPSA) is 71.4 Å². The second kappa shape index (κ2) is 11.4. The highest BCUT2D eigenvalue weighted by atomic mass is 32.1. The predicted octanol–water partition coefficient (Wildman–Crippen LogP) is 6.72. The Labute approximate surface area is 247 Å². The summed E-state index contributed by atoms with van der Waals surface area (Å²) in [5, 5.41) is 7.16. The molecule has 1 aliphatic rings. The van der Waals surface area contributed by atoms with E-state index in [1.165, 1.54) is 22.5 Å². The molecule has 0 unspecified atom stereocenters. The molecule has 8 heteroatoms. The van der Waals surface area contributed by atoms with Crippen LogP contribution < -0.4 is 20.3 Å². The van der Waals surface area contributed by atoms with Crippen LogP contribution in [0.1, 0.15) is 61.1 Å². The zero-order valence-corrected chi connectivity index (χ0v) is 25.3. The standard InChI is InChI=1S/C33H37N5O2S/c1-21-18-25(22(2)37(21)20-23-12-8-7-9-13-23)30-29(27-14-10-11-17-34-27)36-32(41)38(30)24-15-16-26(28(19-24)40-6)35-31(39)33(3,4)5/h7-19,29-30H,20H2,1-6H3,(H,35,39)(H,36,41)/t29-,30-/m0/s1. The number of hydrogen-bond acceptors (Lipinski definition) is 4. The van der Waals surface area contributed by atoms with Gasteiger partial charge in [-0.05, 0) is 67.5 Å². The number of pyridine rings is 1. The molecule has 1 fully saturated rings. The first kappa shape index (κ1) is 28.4. The molecule has 2 aromatic carbocycles. The highest BCUT2D eigenvalue weighted by Crippen LogP contribution is 2.45. The maximum absolute atomic E-state index is 12.7. The Morgan fingerprint density at radius 2 is 1.78 bits per heavy atom. The molecule has 0 bridgehead atoms. The summed E-state index contributed by atoms with van der Waals surface area (Å²) in [6, 6.07) is 24.2. The summed E-state index contributed by atoms with van der Waals surface area (Å²) in [6.45, 7) is 10.8. The third-order valence-corrected chi connectivity index (χ3v) is 7.92. The fourth-order valence-electron chi connectivity index (χ4n) is 5.33. The van der Waals surface area contributed by atoms with E-state index in [9.17, 15) is 4.79 Å². The maximum atomic E-state index is 12.7. The molecule has 0 aliphatic carbocycles. The van der Waals surface area contributed by atoms with Crippen molar-refractivity contribution < 1.29 is 9.53 Å². The molecule has 41 heavy (non-hydrogen) atoms. The van der Waals surface area contributed by atoms with E-state index in [4.69, 9.17) is 21.9 Å². The van der Waals surface area contributed by atoms with Crippen molar-refractivity contribution in [3.63, 3.8) is 0 Å². The Bertz CT molecular complexity index is 1560.